The van der Waals surface area contributed by atoms with Crippen LogP contribution in [-0.2, 0) is 6.54 Å². The van der Waals surface area contributed by atoms with Crippen molar-refractivity contribution in [3.8, 4) is 5.75 Å². The summed E-state index contributed by atoms with van der Waals surface area (Å²) in [5.74, 6) is 0.190. The molecule has 4 nitrogen and oxygen atoms in total. The lowest BCUT2D eigenvalue weighted by atomic mass is 10.2. The Bertz CT molecular complexity index is 707. The van der Waals surface area contributed by atoms with Crippen molar-refractivity contribution in [2.75, 3.05) is 5.32 Å². The van der Waals surface area contributed by atoms with Crippen LogP contribution in [0.15, 0.2) is 47.5 Å². The molecule has 3 N–H and O–H groups in total. The third kappa shape index (κ3) is 5.41. The molecule has 0 bridgehead atoms. The number of hydrogen-bond donors (Lipinski definition) is 2. The fourth-order valence-electron chi connectivity index (χ4n) is 1.96. The molecule has 7 heteroatoms. The van der Waals surface area contributed by atoms with Crippen molar-refractivity contribution in [2.45, 2.75) is 20.1 Å². The van der Waals surface area contributed by atoms with Crippen LogP contribution >= 0.6 is 11.6 Å². The van der Waals surface area contributed by atoms with Gasteiger partial charge in [0.15, 0.2) is 5.96 Å². The SMILES string of the molecule is Cc1cccc(NC(N)=NCc2cc(Cl)ccc2OC(F)F)c1. The molecular formula is C16H16ClF2N3O. The first-order chi connectivity index (χ1) is 10.9. The van der Waals surface area contributed by atoms with Crippen LogP contribution in [0.3, 0.4) is 0 Å². The van der Waals surface area contributed by atoms with Crippen molar-refractivity contribution >= 4 is 23.2 Å². The number of hydrogen-bond acceptors (Lipinski definition) is 2. The second-order valence-corrected chi connectivity index (χ2v) is 5.26. The molecule has 0 aliphatic carbocycles. The molecule has 23 heavy (non-hydrogen) atoms. The number of aliphatic imine (C=N–C) groups is 1. The highest BCUT2D eigenvalue weighted by molar-refractivity contribution is 6.30. The van der Waals surface area contributed by atoms with Crippen molar-refractivity contribution in [3.63, 3.8) is 0 Å². The fraction of sp³-hybridized carbons (Fsp3) is 0.188. The Morgan fingerprint density at radius 1 is 1.30 bits per heavy atom. The van der Waals surface area contributed by atoms with Gasteiger partial charge in [-0.05, 0) is 42.8 Å². The average Bonchev–Trinajstić information content (AvgIpc) is 2.47. The largest absolute Gasteiger partial charge is 0.434 e. The van der Waals surface area contributed by atoms with Crippen LogP contribution in [0.4, 0.5) is 14.5 Å². The highest BCUT2D eigenvalue weighted by Crippen LogP contribution is 2.25. The summed E-state index contributed by atoms with van der Waals surface area (Å²) in [6.45, 7) is -0.896. The Kier molecular flexibility index (Phi) is 5.76. The maximum atomic E-state index is 12.4. The molecule has 0 aliphatic rings. The zero-order valence-corrected chi connectivity index (χ0v) is 13.1. The van der Waals surface area contributed by atoms with Gasteiger partial charge in [-0.15, -0.1) is 0 Å². The zero-order valence-electron chi connectivity index (χ0n) is 12.4. The number of nitrogens with two attached hydrogens (primary N) is 1. The molecule has 0 saturated carbocycles. The summed E-state index contributed by atoms with van der Waals surface area (Å²) in [4.78, 5) is 4.13. The highest BCUT2D eigenvalue weighted by Gasteiger charge is 2.10. The van der Waals surface area contributed by atoms with E-state index in [1.165, 1.54) is 18.2 Å². The number of ether oxygens (including phenoxy) is 1. The number of anilines is 1. The molecule has 0 fully saturated rings. The van der Waals surface area contributed by atoms with E-state index in [-0.39, 0.29) is 18.3 Å². The molecule has 0 saturated heterocycles. The number of guanidine groups is 1. The Morgan fingerprint density at radius 3 is 2.78 bits per heavy atom. The molecule has 0 aliphatic heterocycles. The third-order valence-corrected chi connectivity index (χ3v) is 3.18. The van der Waals surface area contributed by atoms with Crippen LogP contribution in [0.25, 0.3) is 0 Å². The van der Waals surface area contributed by atoms with E-state index in [0.29, 0.717) is 10.6 Å². The van der Waals surface area contributed by atoms with Gasteiger partial charge in [-0.25, -0.2) is 4.99 Å². The van der Waals surface area contributed by atoms with Crippen molar-refractivity contribution < 1.29 is 13.5 Å². The molecular weight excluding hydrogens is 324 g/mol. The maximum absolute atomic E-state index is 12.4. The Morgan fingerprint density at radius 2 is 2.09 bits per heavy atom. The lowest BCUT2D eigenvalue weighted by molar-refractivity contribution is -0.0504. The van der Waals surface area contributed by atoms with Crippen molar-refractivity contribution in [1.82, 2.24) is 0 Å². The lowest BCUT2D eigenvalue weighted by Gasteiger charge is -2.10. The van der Waals surface area contributed by atoms with E-state index in [2.05, 4.69) is 15.0 Å². The summed E-state index contributed by atoms with van der Waals surface area (Å²) in [5, 5.41) is 3.34. The number of rotatable bonds is 5. The van der Waals surface area contributed by atoms with Gasteiger partial charge in [0.05, 0.1) is 6.54 Å². The van der Waals surface area contributed by atoms with E-state index >= 15 is 0 Å². The molecule has 0 radical (unpaired) electrons. The van der Waals surface area contributed by atoms with Gasteiger partial charge < -0.3 is 15.8 Å². The quantitative estimate of drug-likeness (QED) is 0.634. The summed E-state index contributed by atoms with van der Waals surface area (Å²) in [6.07, 6.45) is 0. The summed E-state index contributed by atoms with van der Waals surface area (Å²) < 4.78 is 29.2. The first kappa shape index (κ1) is 17.0. The van der Waals surface area contributed by atoms with E-state index < -0.39 is 6.61 Å². The highest BCUT2D eigenvalue weighted by atomic mass is 35.5. The molecule has 0 aromatic heterocycles. The van der Waals surface area contributed by atoms with Crippen molar-refractivity contribution in [3.05, 3.63) is 58.6 Å². The number of nitrogens with zero attached hydrogens (tertiary/aromatic N) is 1. The molecule has 0 spiro atoms. The van der Waals surface area contributed by atoms with E-state index in [1.807, 2.05) is 31.2 Å². The van der Waals surface area contributed by atoms with Crippen LogP contribution in [0.1, 0.15) is 11.1 Å². The molecule has 122 valence electrons. The van der Waals surface area contributed by atoms with Crippen LogP contribution in [-0.4, -0.2) is 12.6 Å². The second-order valence-electron chi connectivity index (χ2n) is 4.83. The topological polar surface area (TPSA) is 59.6 Å². The van der Waals surface area contributed by atoms with Crippen molar-refractivity contribution in [1.29, 1.82) is 0 Å². The Hall–Kier alpha value is -2.34. The van der Waals surface area contributed by atoms with E-state index in [1.54, 1.807) is 0 Å². The maximum Gasteiger partial charge on any atom is 0.387 e. The summed E-state index contributed by atoms with van der Waals surface area (Å²) in [7, 11) is 0. The zero-order chi connectivity index (χ0) is 16.8. The van der Waals surface area contributed by atoms with E-state index in [0.717, 1.165) is 11.3 Å². The summed E-state index contributed by atoms with van der Waals surface area (Å²) >= 11 is 5.88. The predicted molar refractivity (Wildman–Crippen MR) is 88.2 cm³/mol. The van der Waals surface area contributed by atoms with Crippen LogP contribution in [0.5, 0.6) is 5.75 Å². The Labute approximate surface area is 137 Å². The molecule has 0 unspecified atom stereocenters. The number of nitrogens with one attached hydrogen (secondary N) is 1. The fourth-order valence-corrected chi connectivity index (χ4v) is 2.16. The van der Waals surface area contributed by atoms with Crippen LogP contribution < -0.4 is 15.8 Å². The van der Waals surface area contributed by atoms with Crippen LogP contribution in [0, 0.1) is 6.92 Å². The summed E-state index contributed by atoms with van der Waals surface area (Å²) in [6, 6.07) is 12.0. The lowest BCUT2D eigenvalue weighted by Crippen LogP contribution is -2.22. The monoisotopic (exact) mass is 339 g/mol. The number of benzene rings is 2. The van der Waals surface area contributed by atoms with E-state index in [9.17, 15) is 8.78 Å². The molecule has 0 amide bonds. The predicted octanol–water partition coefficient (Wildman–Crippen LogP) is 4.18. The molecule has 2 rings (SSSR count). The number of aryl methyl sites for hydroxylation is 1. The number of alkyl halides is 2. The Balaban J connectivity index is 2.10. The molecule has 2 aromatic carbocycles. The van der Waals surface area contributed by atoms with E-state index in [4.69, 9.17) is 17.3 Å². The minimum absolute atomic E-state index is 0.0245. The first-order valence-electron chi connectivity index (χ1n) is 6.81. The van der Waals surface area contributed by atoms with Gasteiger partial charge in [-0.2, -0.15) is 8.78 Å². The smallest absolute Gasteiger partial charge is 0.387 e. The minimum Gasteiger partial charge on any atom is -0.434 e. The average molecular weight is 340 g/mol. The third-order valence-electron chi connectivity index (χ3n) is 2.95. The summed E-state index contributed by atoms with van der Waals surface area (Å²) in [5.41, 5.74) is 8.10. The van der Waals surface area contributed by atoms with Gasteiger partial charge >= 0.3 is 6.61 Å². The number of halogens is 3. The van der Waals surface area contributed by atoms with Crippen molar-refractivity contribution in [2.24, 2.45) is 10.7 Å². The standard InChI is InChI=1S/C16H16ClF2N3O/c1-10-3-2-4-13(7-10)22-16(20)21-9-11-8-12(17)5-6-14(11)23-15(18)19/h2-8,15H,9H2,1H3,(H3,20,21,22). The second kappa shape index (κ2) is 7.78. The van der Waals surface area contributed by atoms with Gasteiger partial charge in [0, 0.05) is 16.3 Å². The van der Waals surface area contributed by atoms with Gasteiger partial charge in [-0.3, -0.25) is 0 Å². The normalized spacial score (nSPS) is 11.6. The molecule has 0 atom stereocenters. The van der Waals surface area contributed by atoms with Gasteiger partial charge in [0.25, 0.3) is 0 Å². The van der Waals surface area contributed by atoms with Gasteiger partial charge in [0.2, 0.25) is 0 Å². The van der Waals surface area contributed by atoms with Gasteiger partial charge in [0.1, 0.15) is 5.75 Å². The van der Waals surface area contributed by atoms with Crippen LogP contribution in [0.2, 0.25) is 5.02 Å². The van der Waals surface area contributed by atoms with Gasteiger partial charge in [-0.1, -0.05) is 23.7 Å². The molecule has 2 aromatic rings. The minimum atomic E-state index is -2.92. The first-order valence-corrected chi connectivity index (χ1v) is 7.18. The molecule has 0 heterocycles.